The fourth-order valence-electron chi connectivity index (χ4n) is 7.42. The number of nitriles is 2. The van der Waals surface area contributed by atoms with Gasteiger partial charge in [-0.1, -0.05) is 91.0 Å². The Hall–Kier alpha value is -7.39. The summed E-state index contributed by atoms with van der Waals surface area (Å²) in [6.07, 6.45) is 0. The topological polar surface area (TPSA) is 61.8 Å². The molecule has 2 heterocycles. The van der Waals surface area contributed by atoms with E-state index in [9.17, 15) is 10.5 Å². The maximum atomic E-state index is 10.4. The van der Waals surface area contributed by atoms with Gasteiger partial charge in [0, 0.05) is 33.0 Å². The van der Waals surface area contributed by atoms with E-state index in [0.29, 0.717) is 16.8 Å². The Kier molecular flexibility index (Phi) is 6.56. The van der Waals surface area contributed by atoms with Gasteiger partial charge in [-0.25, -0.2) is 4.85 Å². The summed E-state index contributed by atoms with van der Waals surface area (Å²) in [7, 11) is 0. The Labute approximate surface area is 288 Å². The summed E-state index contributed by atoms with van der Waals surface area (Å²) in [5.41, 5.74) is 11.5. The van der Waals surface area contributed by atoms with Crippen molar-refractivity contribution in [3.63, 3.8) is 0 Å². The Balaban J connectivity index is 1.39. The lowest BCUT2D eigenvalue weighted by atomic mass is 9.94. The average Bonchev–Trinajstić information content (AvgIpc) is 3.69. The fourth-order valence-corrected chi connectivity index (χ4v) is 7.42. The smallest absolute Gasteiger partial charge is 0.188 e. The van der Waals surface area contributed by atoms with Crippen LogP contribution >= 0.6 is 0 Å². The largest absolute Gasteiger partial charge is 0.309 e. The summed E-state index contributed by atoms with van der Waals surface area (Å²) in [4.78, 5) is 3.74. The van der Waals surface area contributed by atoms with Crippen LogP contribution in [-0.4, -0.2) is 9.13 Å². The standard InChI is InChI=1S/C45H25N5/c1-48-33-19-21-44-40(26-33)38-13-6-8-17-42(38)50(44)45-35(31-10-3-2-4-11-31)14-9-15-36(45)32-22-30(28-47)23-34(25-32)49-41-16-7-5-12-37(41)39-24-29(27-46)18-20-43(39)49/h2-26H. The van der Waals surface area contributed by atoms with Crippen molar-refractivity contribution in [2.75, 3.05) is 0 Å². The molecule has 230 valence electrons. The second-order valence-electron chi connectivity index (χ2n) is 12.3. The third-order valence-electron chi connectivity index (χ3n) is 9.55. The molecule has 0 spiro atoms. The van der Waals surface area contributed by atoms with E-state index in [2.05, 4.69) is 86.8 Å². The first kappa shape index (κ1) is 28.8. The highest BCUT2D eigenvalue weighted by molar-refractivity contribution is 6.12. The summed E-state index contributed by atoms with van der Waals surface area (Å²) < 4.78 is 4.49. The molecule has 2 aromatic heterocycles. The molecule has 0 aliphatic rings. The molecule has 0 fully saturated rings. The van der Waals surface area contributed by atoms with Crippen LogP contribution in [0, 0.1) is 29.2 Å². The molecular weight excluding hydrogens is 611 g/mol. The number of aromatic nitrogens is 2. The lowest BCUT2D eigenvalue weighted by Crippen LogP contribution is -2.02. The van der Waals surface area contributed by atoms with Gasteiger partial charge in [-0.05, 0) is 77.2 Å². The van der Waals surface area contributed by atoms with Crippen molar-refractivity contribution in [3.05, 3.63) is 174 Å². The summed E-state index contributed by atoms with van der Waals surface area (Å²) in [6.45, 7) is 7.71. The first-order valence-corrected chi connectivity index (χ1v) is 16.3. The monoisotopic (exact) mass is 635 g/mol. The molecule has 0 aliphatic carbocycles. The Bertz CT molecular complexity index is 2960. The van der Waals surface area contributed by atoms with E-state index >= 15 is 0 Å². The van der Waals surface area contributed by atoms with Gasteiger partial charge in [0.05, 0.1) is 57.6 Å². The van der Waals surface area contributed by atoms with Crippen LogP contribution in [0.5, 0.6) is 0 Å². The lowest BCUT2D eigenvalue weighted by molar-refractivity contribution is 1.17. The molecule has 0 bridgehead atoms. The summed E-state index contributed by atoms with van der Waals surface area (Å²) in [5.74, 6) is 0. The lowest BCUT2D eigenvalue weighted by Gasteiger charge is -2.20. The van der Waals surface area contributed by atoms with Gasteiger partial charge in [0.15, 0.2) is 5.69 Å². The van der Waals surface area contributed by atoms with Gasteiger partial charge in [-0.15, -0.1) is 0 Å². The number of para-hydroxylation sites is 3. The number of nitrogens with zero attached hydrogens (tertiary/aromatic N) is 5. The van der Waals surface area contributed by atoms with Crippen molar-refractivity contribution in [3.8, 4) is 45.8 Å². The molecule has 9 aromatic rings. The van der Waals surface area contributed by atoms with E-state index in [4.69, 9.17) is 6.57 Å². The van der Waals surface area contributed by atoms with Crippen molar-refractivity contribution < 1.29 is 0 Å². The zero-order valence-corrected chi connectivity index (χ0v) is 26.7. The van der Waals surface area contributed by atoms with Crippen LogP contribution in [0.4, 0.5) is 5.69 Å². The molecule has 50 heavy (non-hydrogen) atoms. The van der Waals surface area contributed by atoms with Crippen LogP contribution in [0.25, 0.3) is 82.1 Å². The second-order valence-corrected chi connectivity index (χ2v) is 12.3. The first-order chi connectivity index (χ1) is 24.7. The highest BCUT2D eigenvalue weighted by Gasteiger charge is 2.21. The van der Waals surface area contributed by atoms with Crippen LogP contribution in [0.2, 0.25) is 0 Å². The van der Waals surface area contributed by atoms with E-state index < -0.39 is 0 Å². The van der Waals surface area contributed by atoms with Gasteiger partial charge < -0.3 is 9.13 Å². The van der Waals surface area contributed by atoms with Crippen LogP contribution in [0.1, 0.15) is 11.1 Å². The molecule has 7 aromatic carbocycles. The highest BCUT2D eigenvalue weighted by atomic mass is 15.0. The van der Waals surface area contributed by atoms with Gasteiger partial charge in [0.1, 0.15) is 0 Å². The van der Waals surface area contributed by atoms with Gasteiger partial charge in [0.25, 0.3) is 0 Å². The first-order valence-electron chi connectivity index (χ1n) is 16.3. The summed E-state index contributed by atoms with van der Waals surface area (Å²) in [5, 5.41) is 24.2. The zero-order chi connectivity index (χ0) is 33.8. The molecule has 0 saturated heterocycles. The molecule has 0 N–H and O–H groups in total. The van der Waals surface area contributed by atoms with Crippen molar-refractivity contribution in [1.29, 1.82) is 10.5 Å². The highest BCUT2D eigenvalue weighted by Crippen LogP contribution is 2.43. The summed E-state index contributed by atoms with van der Waals surface area (Å²) >= 11 is 0. The van der Waals surface area contributed by atoms with Crippen LogP contribution < -0.4 is 0 Å². The maximum absolute atomic E-state index is 10.4. The van der Waals surface area contributed by atoms with Gasteiger partial charge in [-0.3, -0.25) is 0 Å². The number of rotatable bonds is 4. The van der Waals surface area contributed by atoms with Gasteiger partial charge in [-0.2, -0.15) is 10.5 Å². The van der Waals surface area contributed by atoms with E-state index in [1.54, 1.807) is 0 Å². The molecule has 5 heteroatoms. The van der Waals surface area contributed by atoms with Crippen molar-refractivity contribution in [2.45, 2.75) is 0 Å². The molecule has 5 nitrogen and oxygen atoms in total. The molecule has 0 aliphatic heterocycles. The Morgan fingerprint density at radius 2 is 1.06 bits per heavy atom. The predicted molar refractivity (Wildman–Crippen MR) is 202 cm³/mol. The average molecular weight is 636 g/mol. The van der Waals surface area contributed by atoms with E-state index in [0.717, 1.165) is 77.2 Å². The van der Waals surface area contributed by atoms with E-state index in [1.165, 1.54) is 0 Å². The maximum Gasteiger partial charge on any atom is 0.188 e. The SMILES string of the molecule is [C-]#[N+]c1ccc2c(c1)c1ccccc1n2-c1c(-c2ccccc2)cccc1-c1cc(C#N)cc(-n2c3ccccc3c3cc(C#N)ccc32)c1. The van der Waals surface area contributed by atoms with Crippen LogP contribution in [0.3, 0.4) is 0 Å². The minimum Gasteiger partial charge on any atom is -0.309 e. The van der Waals surface area contributed by atoms with E-state index in [-0.39, 0.29) is 0 Å². The van der Waals surface area contributed by atoms with Crippen molar-refractivity contribution in [1.82, 2.24) is 9.13 Å². The summed E-state index contributed by atoms with van der Waals surface area (Å²) in [6, 6.07) is 55.7. The van der Waals surface area contributed by atoms with Crippen LogP contribution in [-0.2, 0) is 0 Å². The number of fused-ring (bicyclic) bond motifs is 6. The molecule has 9 rings (SSSR count). The predicted octanol–water partition coefficient (Wildman–Crippen LogP) is 11.5. The molecule has 0 radical (unpaired) electrons. The molecular formula is C45H25N5. The Morgan fingerprint density at radius 3 is 1.78 bits per heavy atom. The normalized spacial score (nSPS) is 11.1. The number of hydrogen-bond acceptors (Lipinski definition) is 2. The number of hydrogen-bond donors (Lipinski definition) is 0. The van der Waals surface area contributed by atoms with Gasteiger partial charge in [0.2, 0.25) is 0 Å². The molecule has 0 saturated carbocycles. The minimum absolute atomic E-state index is 0.539. The Morgan fingerprint density at radius 1 is 0.460 bits per heavy atom. The zero-order valence-electron chi connectivity index (χ0n) is 26.7. The van der Waals surface area contributed by atoms with Crippen molar-refractivity contribution >= 4 is 49.3 Å². The molecule has 0 atom stereocenters. The molecule has 0 unspecified atom stereocenters. The third kappa shape index (κ3) is 4.38. The second kappa shape index (κ2) is 11.4. The minimum atomic E-state index is 0.539. The quantitative estimate of drug-likeness (QED) is 0.181. The van der Waals surface area contributed by atoms with Gasteiger partial charge >= 0.3 is 0 Å². The van der Waals surface area contributed by atoms with E-state index in [1.807, 2.05) is 91.0 Å². The fraction of sp³-hybridized carbons (Fsp3) is 0. The third-order valence-corrected chi connectivity index (χ3v) is 9.55. The molecule has 0 amide bonds. The number of benzene rings is 7. The van der Waals surface area contributed by atoms with Crippen molar-refractivity contribution in [2.24, 2.45) is 0 Å². The van der Waals surface area contributed by atoms with Crippen LogP contribution in [0.15, 0.2) is 152 Å².